The summed E-state index contributed by atoms with van der Waals surface area (Å²) < 4.78 is 34.0. The van der Waals surface area contributed by atoms with Crippen LogP contribution in [0.4, 0.5) is 4.79 Å². The molecule has 0 saturated heterocycles. The number of halogens is 1. The Morgan fingerprint density at radius 1 is 0.974 bits per heavy atom. The Morgan fingerprint density at radius 3 is 2.42 bits per heavy atom. The van der Waals surface area contributed by atoms with Gasteiger partial charge in [-0.1, -0.05) is 17.7 Å². The van der Waals surface area contributed by atoms with Crippen molar-refractivity contribution >= 4 is 28.7 Å². The number of pyridine rings is 1. The fourth-order valence-corrected chi connectivity index (χ4v) is 4.81. The molecule has 194 valence electrons. The Balaban J connectivity index is 1.62. The summed E-state index contributed by atoms with van der Waals surface area (Å²) in [4.78, 5) is 25.7. The molecule has 0 aliphatic carbocycles. The number of fused-ring (bicyclic) bond motifs is 3. The highest BCUT2D eigenvalue weighted by Crippen LogP contribution is 2.42. The van der Waals surface area contributed by atoms with Crippen molar-refractivity contribution in [3.63, 3.8) is 0 Å². The predicted molar refractivity (Wildman–Crippen MR) is 136 cm³/mol. The molecule has 0 saturated carbocycles. The van der Waals surface area contributed by atoms with E-state index in [1.165, 1.54) is 4.57 Å². The topological polar surface area (TPSA) is 115 Å². The summed E-state index contributed by atoms with van der Waals surface area (Å²) in [6.07, 6.45) is -1.63. The van der Waals surface area contributed by atoms with Gasteiger partial charge in [-0.2, -0.15) is 0 Å². The maximum atomic E-state index is 13.9. The molecule has 4 aromatic rings. The second-order valence-electron chi connectivity index (χ2n) is 8.44. The predicted octanol–water partition coefficient (Wildman–Crippen LogP) is 5.28. The molecule has 0 fully saturated rings. The molecule has 0 radical (unpaired) electrons. The molecule has 0 spiro atoms. The number of ether oxygens (including phenoxy) is 6. The second kappa shape index (κ2) is 9.38. The smallest absolute Gasteiger partial charge is 0.494 e. The van der Waals surface area contributed by atoms with E-state index in [0.29, 0.717) is 62.4 Å². The lowest BCUT2D eigenvalue weighted by Crippen LogP contribution is -2.25. The van der Waals surface area contributed by atoms with Gasteiger partial charge in [0.2, 0.25) is 19.3 Å². The van der Waals surface area contributed by atoms with Gasteiger partial charge in [-0.3, -0.25) is 4.79 Å². The van der Waals surface area contributed by atoms with E-state index in [9.17, 15) is 14.7 Å². The van der Waals surface area contributed by atoms with Crippen molar-refractivity contribution in [2.45, 2.75) is 13.5 Å². The fourth-order valence-electron chi connectivity index (χ4n) is 4.60. The fraction of sp³-hybridized carbons (Fsp3) is 0.185. The van der Waals surface area contributed by atoms with E-state index in [1.54, 1.807) is 48.5 Å². The highest BCUT2D eigenvalue weighted by atomic mass is 35.5. The van der Waals surface area contributed by atoms with Gasteiger partial charge in [0.25, 0.3) is 5.56 Å². The molecule has 6 rings (SSSR count). The minimum atomic E-state index is -1.63. The number of nitrogens with zero attached hydrogens (tertiary/aromatic N) is 1. The van der Waals surface area contributed by atoms with Gasteiger partial charge in [0.1, 0.15) is 5.75 Å². The summed E-state index contributed by atoms with van der Waals surface area (Å²) in [5.74, 6) is 2.18. The molecule has 10 nitrogen and oxygen atoms in total. The first kappa shape index (κ1) is 23.8. The van der Waals surface area contributed by atoms with Gasteiger partial charge in [-0.05, 0) is 54.4 Å². The molecule has 0 unspecified atom stereocenters. The van der Waals surface area contributed by atoms with Crippen molar-refractivity contribution in [1.82, 2.24) is 4.57 Å². The molecule has 0 atom stereocenters. The number of rotatable bonds is 6. The van der Waals surface area contributed by atoms with E-state index >= 15 is 0 Å². The van der Waals surface area contributed by atoms with Crippen LogP contribution in [-0.4, -0.2) is 36.0 Å². The van der Waals surface area contributed by atoms with Gasteiger partial charge < -0.3 is 38.1 Å². The molecule has 0 amide bonds. The van der Waals surface area contributed by atoms with Gasteiger partial charge in [0.05, 0.1) is 18.7 Å². The molecule has 1 N–H and O–H groups in total. The van der Waals surface area contributed by atoms with Crippen LogP contribution in [0.3, 0.4) is 0 Å². The van der Waals surface area contributed by atoms with Crippen LogP contribution in [0, 0.1) is 0 Å². The third-order valence-corrected chi connectivity index (χ3v) is 6.58. The van der Waals surface area contributed by atoms with Crippen molar-refractivity contribution in [1.29, 1.82) is 0 Å². The van der Waals surface area contributed by atoms with E-state index in [4.69, 9.17) is 40.0 Å². The zero-order valence-corrected chi connectivity index (χ0v) is 20.7. The van der Waals surface area contributed by atoms with Crippen LogP contribution in [0.5, 0.6) is 34.5 Å². The van der Waals surface area contributed by atoms with Crippen molar-refractivity contribution in [3.05, 3.63) is 69.5 Å². The van der Waals surface area contributed by atoms with Gasteiger partial charge in [-0.25, -0.2) is 4.79 Å². The van der Waals surface area contributed by atoms with Crippen LogP contribution in [0.15, 0.2) is 53.3 Å². The molecule has 38 heavy (non-hydrogen) atoms. The van der Waals surface area contributed by atoms with E-state index < -0.39 is 11.7 Å². The summed E-state index contributed by atoms with van der Waals surface area (Å²) >= 11 is 6.51. The Hall–Kier alpha value is -4.57. The molecule has 0 bridgehead atoms. The zero-order chi connectivity index (χ0) is 26.4. The van der Waals surface area contributed by atoms with Crippen LogP contribution < -0.4 is 34.0 Å². The van der Waals surface area contributed by atoms with Crippen LogP contribution in [0.2, 0.25) is 5.02 Å². The van der Waals surface area contributed by atoms with Crippen molar-refractivity contribution in [3.8, 4) is 45.6 Å². The summed E-state index contributed by atoms with van der Waals surface area (Å²) in [6.45, 7) is 2.40. The Kier molecular flexibility index (Phi) is 5.88. The van der Waals surface area contributed by atoms with Crippen LogP contribution >= 0.6 is 11.6 Å². The molecule has 11 heteroatoms. The quantitative estimate of drug-likeness (QED) is 0.328. The normalized spacial score (nSPS) is 13.1. The lowest BCUT2D eigenvalue weighted by molar-refractivity contribution is 0.144. The number of carboxylic acid groups (broad SMARTS) is 1. The lowest BCUT2D eigenvalue weighted by Gasteiger charge is -2.19. The molecule has 3 aromatic carbocycles. The maximum absolute atomic E-state index is 13.9. The largest absolute Gasteiger partial charge is 0.511 e. The maximum Gasteiger partial charge on any atom is 0.511 e. The molecular formula is C27H20ClNO9. The SMILES string of the molecule is CCOc1ccc2c(c1)c(-c1ccc3c(c1)OCO3)c(OC(=O)O)c(=O)n2Cc1cc2c(cc1Cl)OCO2. The van der Waals surface area contributed by atoms with Gasteiger partial charge in [0, 0.05) is 22.0 Å². The molecular weight excluding hydrogens is 518 g/mol. The average molecular weight is 538 g/mol. The third kappa shape index (κ3) is 4.08. The zero-order valence-electron chi connectivity index (χ0n) is 20.0. The monoisotopic (exact) mass is 537 g/mol. The number of benzene rings is 3. The third-order valence-electron chi connectivity index (χ3n) is 6.23. The first-order valence-electron chi connectivity index (χ1n) is 11.6. The number of hydrogen-bond donors (Lipinski definition) is 1. The number of carbonyl (C=O) groups is 1. The first-order valence-corrected chi connectivity index (χ1v) is 12.0. The molecule has 2 aliphatic heterocycles. The average Bonchev–Trinajstić information content (AvgIpc) is 3.55. The van der Waals surface area contributed by atoms with E-state index in [2.05, 4.69) is 0 Å². The minimum Gasteiger partial charge on any atom is -0.494 e. The van der Waals surface area contributed by atoms with Crippen molar-refractivity contribution in [2.75, 3.05) is 20.2 Å². The molecule has 1 aromatic heterocycles. The van der Waals surface area contributed by atoms with Crippen LogP contribution in [-0.2, 0) is 6.54 Å². The summed E-state index contributed by atoms with van der Waals surface area (Å²) in [5, 5.41) is 10.5. The van der Waals surface area contributed by atoms with E-state index in [0.717, 1.165) is 0 Å². The Labute approximate surface area is 220 Å². The minimum absolute atomic E-state index is 0.0101. The standard InChI is InChI=1S/C27H20ClNO9/c1-2-33-16-4-5-19-17(9-16)24(14-3-6-20-21(7-14)35-12-34-20)25(38-27(31)32)26(30)29(19)11-15-8-22-23(10-18(15)28)37-13-36-22/h3-10H,2,11-13H2,1H3,(H,31,32). The van der Waals surface area contributed by atoms with Gasteiger partial charge in [0.15, 0.2) is 23.0 Å². The summed E-state index contributed by atoms with van der Waals surface area (Å²) in [6, 6.07) is 13.6. The van der Waals surface area contributed by atoms with Crippen LogP contribution in [0.25, 0.3) is 22.0 Å². The lowest BCUT2D eigenvalue weighted by atomic mass is 9.98. The van der Waals surface area contributed by atoms with E-state index in [-0.39, 0.29) is 31.4 Å². The van der Waals surface area contributed by atoms with Gasteiger partial charge >= 0.3 is 6.16 Å². The summed E-state index contributed by atoms with van der Waals surface area (Å²) in [7, 11) is 0. The first-order chi connectivity index (χ1) is 18.4. The number of hydrogen-bond acceptors (Lipinski definition) is 8. The van der Waals surface area contributed by atoms with Crippen LogP contribution in [0.1, 0.15) is 12.5 Å². The Bertz CT molecular complexity index is 1660. The Morgan fingerprint density at radius 2 is 1.68 bits per heavy atom. The molecule has 3 heterocycles. The van der Waals surface area contributed by atoms with E-state index in [1.807, 2.05) is 6.92 Å². The summed E-state index contributed by atoms with van der Waals surface area (Å²) in [5.41, 5.74) is 1.21. The molecule has 2 aliphatic rings. The number of aromatic nitrogens is 1. The second-order valence-corrected chi connectivity index (χ2v) is 8.85. The van der Waals surface area contributed by atoms with Crippen molar-refractivity contribution < 1.29 is 38.3 Å². The highest BCUT2D eigenvalue weighted by molar-refractivity contribution is 6.31. The highest BCUT2D eigenvalue weighted by Gasteiger charge is 2.25. The van der Waals surface area contributed by atoms with Gasteiger partial charge in [-0.15, -0.1) is 0 Å². The van der Waals surface area contributed by atoms with Crippen molar-refractivity contribution in [2.24, 2.45) is 0 Å².